The number of carbonyl (C=O) groups excluding carboxylic acids is 1. The number of carboxylic acids is 1. The number of aliphatic hydroxyl groups excluding tert-OH is 1. The van der Waals surface area contributed by atoms with E-state index in [9.17, 15) is 18.0 Å². The van der Waals surface area contributed by atoms with Gasteiger partial charge in [-0.05, 0) is 12.3 Å². The maximum Gasteiger partial charge on any atom is 0.334 e. The van der Waals surface area contributed by atoms with Gasteiger partial charge in [-0.3, -0.25) is 0 Å². The molecule has 0 aliphatic carbocycles. The molecule has 1 rings (SSSR count). The Morgan fingerprint density at radius 3 is 2.50 bits per heavy atom. The Morgan fingerprint density at radius 1 is 1.33 bits per heavy atom. The van der Waals surface area contributed by atoms with Gasteiger partial charge in [0.1, 0.15) is 0 Å². The molecule has 0 aromatic carbocycles. The number of hydrogen-bond donors (Lipinski definition) is 4. The zero-order valence-electron chi connectivity index (χ0n) is 9.63. The van der Waals surface area contributed by atoms with Crippen LogP contribution in [0, 0.1) is 5.92 Å². The Hall–Kier alpha value is -1.35. The van der Waals surface area contributed by atoms with Crippen LogP contribution in [0.15, 0.2) is 0 Å². The van der Waals surface area contributed by atoms with Gasteiger partial charge in [-0.15, -0.1) is 0 Å². The number of rotatable bonds is 5. The van der Waals surface area contributed by atoms with Crippen LogP contribution in [0.5, 0.6) is 0 Å². The number of nitrogens with one attached hydrogen (secondary N) is 2. The van der Waals surface area contributed by atoms with Crippen LogP contribution in [0.4, 0.5) is 4.79 Å². The highest BCUT2D eigenvalue weighted by atomic mass is 32.2. The van der Waals surface area contributed by atoms with Crippen LogP contribution in [-0.4, -0.2) is 61.3 Å². The summed E-state index contributed by atoms with van der Waals surface area (Å²) in [5.41, 5.74) is 0. The summed E-state index contributed by atoms with van der Waals surface area (Å²) in [6.45, 7) is -0.182. The number of sulfone groups is 1. The molecule has 1 heterocycles. The van der Waals surface area contributed by atoms with Crippen molar-refractivity contribution in [3.8, 4) is 0 Å². The quantitative estimate of drug-likeness (QED) is 0.468. The lowest BCUT2D eigenvalue weighted by Crippen LogP contribution is -2.43. The van der Waals surface area contributed by atoms with Crippen molar-refractivity contribution in [2.75, 3.05) is 24.6 Å². The summed E-state index contributed by atoms with van der Waals surface area (Å²) in [5, 5.41) is 21.9. The molecule has 0 aromatic heterocycles. The maximum absolute atomic E-state index is 11.2. The van der Waals surface area contributed by atoms with E-state index in [1.54, 1.807) is 0 Å². The molecule has 1 aliphatic heterocycles. The molecule has 0 aromatic rings. The van der Waals surface area contributed by atoms with Gasteiger partial charge in [0.05, 0.1) is 18.1 Å². The summed E-state index contributed by atoms with van der Waals surface area (Å²) in [6.07, 6.45) is -1.14. The molecule has 0 bridgehead atoms. The molecule has 8 nitrogen and oxygen atoms in total. The van der Waals surface area contributed by atoms with Gasteiger partial charge in [0, 0.05) is 6.54 Å². The minimum absolute atomic E-state index is 0.0605. The third-order valence-electron chi connectivity index (χ3n) is 2.62. The molecule has 2 atom stereocenters. The van der Waals surface area contributed by atoms with E-state index in [0.29, 0.717) is 6.42 Å². The molecule has 0 spiro atoms. The van der Waals surface area contributed by atoms with Crippen LogP contribution in [0.1, 0.15) is 6.42 Å². The van der Waals surface area contributed by atoms with Gasteiger partial charge in [-0.1, -0.05) is 0 Å². The first-order valence-electron chi connectivity index (χ1n) is 5.43. The Kier molecular flexibility index (Phi) is 4.91. The van der Waals surface area contributed by atoms with E-state index in [4.69, 9.17) is 10.2 Å². The van der Waals surface area contributed by atoms with Crippen molar-refractivity contribution in [1.29, 1.82) is 0 Å². The molecule has 2 amide bonds. The summed E-state index contributed by atoms with van der Waals surface area (Å²) in [6, 6.07) is -0.625. The fourth-order valence-electron chi connectivity index (χ4n) is 1.61. The summed E-state index contributed by atoms with van der Waals surface area (Å²) in [5.74, 6) is -1.33. The van der Waals surface area contributed by atoms with E-state index in [1.807, 2.05) is 0 Å². The highest BCUT2D eigenvalue weighted by Gasteiger charge is 2.27. The second-order valence-corrected chi connectivity index (χ2v) is 6.44. The van der Waals surface area contributed by atoms with Gasteiger partial charge in [0.2, 0.25) is 0 Å². The van der Waals surface area contributed by atoms with Crippen molar-refractivity contribution >= 4 is 21.8 Å². The fraction of sp³-hybridized carbons (Fsp3) is 0.778. The first-order valence-corrected chi connectivity index (χ1v) is 7.25. The number of amides is 2. The van der Waals surface area contributed by atoms with Crippen molar-refractivity contribution in [3.05, 3.63) is 0 Å². The van der Waals surface area contributed by atoms with Gasteiger partial charge in [-0.25, -0.2) is 18.0 Å². The molecule has 0 radical (unpaired) electrons. The molecule has 4 N–H and O–H groups in total. The number of urea groups is 1. The molecule has 1 fully saturated rings. The SMILES string of the molecule is O=C(NCC1CCS(=O)(=O)C1)NCC(O)C(=O)O. The number of aliphatic hydroxyl groups is 1. The second-order valence-electron chi connectivity index (χ2n) is 4.21. The van der Waals surface area contributed by atoms with Gasteiger partial charge in [0.15, 0.2) is 15.9 Å². The predicted molar refractivity (Wildman–Crippen MR) is 61.8 cm³/mol. The third kappa shape index (κ3) is 4.88. The van der Waals surface area contributed by atoms with Crippen molar-refractivity contribution in [2.45, 2.75) is 12.5 Å². The van der Waals surface area contributed by atoms with Crippen LogP contribution < -0.4 is 10.6 Å². The molecule has 18 heavy (non-hydrogen) atoms. The van der Waals surface area contributed by atoms with Crippen LogP contribution in [0.3, 0.4) is 0 Å². The molecule has 1 aliphatic rings. The Labute approximate surface area is 104 Å². The minimum Gasteiger partial charge on any atom is -0.479 e. The number of carboxylic acid groups (broad SMARTS) is 1. The van der Waals surface area contributed by atoms with E-state index in [1.165, 1.54) is 0 Å². The first-order chi connectivity index (χ1) is 8.30. The molecular formula is C9H16N2O6S. The highest BCUT2D eigenvalue weighted by molar-refractivity contribution is 7.91. The zero-order chi connectivity index (χ0) is 13.8. The van der Waals surface area contributed by atoms with Crippen molar-refractivity contribution in [2.24, 2.45) is 5.92 Å². The third-order valence-corrected chi connectivity index (χ3v) is 4.46. The van der Waals surface area contributed by atoms with Crippen molar-refractivity contribution < 1.29 is 28.2 Å². The average Bonchev–Trinajstić information content (AvgIpc) is 2.62. The second kappa shape index (κ2) is 6.01. The fourth-order valence-corrected chi connectivity index (χ4v) is 3.47. The lowest BCUT2D eigenvalue weighted by atomic mass is 10.1. The Balaban J connectivity index is 2.20. The lowest BCUT2D eigenvalue weighted by molar-refractivity contribution is -0.146. The van der Waals surface area contributed by atoms with Gasteiger partial charge >= 0.3 is 12.0 Å². The summed E-state index contributed by atoms with van der Waals surface area (Å²) in [4.78, 5) is 21.5. The zero-order valence-corrected chi connectivity index (χ0v) is 10.4. The Bertz CT molecular complexity index is 421. The van der Waals surface area contributed by atoms with Crippen LogP contribution in [-0.2, 0) is 14.6 Å². The normalized spacial score (nSPS) is 23.3. The predicted octanol–water partition coefficient (Wildman–Crippen LogP) is -1.83. The average molecular weight is 280 g/mol. The first kappa shape index (κ1) is 14.7. The number of carbonyl (C=O) groups is 2. The van der Waals surface area contributed by atoms with E-state index >= 15 is 0 Å². The minimum atomic E-state index is -2.97. The van der Waals surface area contributed by atoms with E-state index in [0.717, 1.165) is 0 Å². The van der Waals surface area contributed by atoms with Crippen LogP contribution >= 0.6 is 0 Å². The molecule has 104 valence electrons. The van der Waals surface area contributed by atoms with E-state index in [-0.39, 0.29) is 24.0 Å². The molecular weight excluding hydrogens is 264 g/mol. The van der Waals surface area contributed by atoms with Crippen molar-refractivity contribution in [1.82, 2.24) is 10.6 Å². The topological polar surface area (TPSA) is 133 Å². The van der Waals surface area contributed by atoms with Gasteiger partial charge < -0.3 is 20.8 Å². The highest BCUT2D eigenvalue weighted by Crippen LogP contribution is 2.17. The Morgan fingerprint density at radius 2 is 2.00 bits per heavy atom. The van der Waals surface area contributed by atoms with E-state index in [2.05, 4.69) is 10.6 Å². The maximum atomic E-state index is 11.2. The monoisotopic (exact) mass is 280 g/mol. The van der Waals surface area contributed by atoms with Crippen LogP contribution in [0.25, 0.3) is 0 Å². The smallest absolute Gasteiger partial charge is 0.334 e. The summed E-state index contributed by atoms with van der Waals surface area (Å²) >= 11 is 0. The lowest BCUT2D eigenvalue weighted by Gasteiger charge is -2.11. The van der Waals surface area contributed by atoms with Crippen LogP contribution in [0.2, 0.25) is 0 Å². The van der Waals surface area contributed by atoms with Gasteiger partial charge in [-0.2, -0.15) is 0 Å². The molecule has 2 unspecified atom stereocenters. The standard InChI is InChI=1S/C9H16N2O6S/c12-7(8(13)14)4-11-9(15)10-3-6-1-2-18(16,17)5-6/h6-7,12H,1-5H2,(H,13,14)(H2,10,11,15). The summed E-state index contributed by atoms with van der Waals surface area (Å²) in [7, 11) is -2.97. The molecule has 0 saturated carbocycles. The summed E-state index contributed by atoms with van der Waals surface area (Å²) < 4.78 is 22.3. The molecule has 1 saturated heterocycles. The molecule has 9 heteroatoms. The number of hydrogen-bond acceptors (Lipinski definition) is 5. The number of aliphatic carboxylic acids is 1. The van der Waals surface area contributed by atoms with E-state index < -0.39 is 34.5 Å². The van der Waals surface area contributed by atoms with Gasteiger partial charge in [0.25, 0.3) is 0 Å². The van der Waals surface area contributed by atoms with Crippen molar-refractivity contribution in [3.63, 3.8) is 0 Å². The largest absolute Gasteiger partial charge is 0.479 e.